The van der Waals surface area contributed by atoms with Crippen molar-refractivity contribution in [1.82, 2.24) is 0 Å². The van der Waals surface area contributed by atoms with Gasteiger partial charge in [0.1, 0.15) is 0 Å². The summed E-state index contributed by atoms with van der Waals surface area (Å²) in [6, 6.07) is 10.1. The molecule has 1 unspecified atom stereocenters. The summed E-state index contributed by atoms with van der Waals surface area (Å²) in [5.74, 6) is 0. The highest BCUT2D eigenvalue weighted by molar-refractivity contribution is 5.13. The molecule has 0 heterocycles. The second kappa shape index (κ2) is 12.4. The third-order valence-corrected chi connectivity index (χ3v) is 3.22. The lowest BCUT2D eigenvalue weighted by Gasteiger charge is -2.06. The molecule has 0 amide bonds. The first-order valence-electron chi connectivity index (χ1n) is 7.96. The van der Waals surface area contributed by atoms with Gasteiger partial charge in [-0.15, -0.1) is 0 Å². The molecule has 1 aromatic carbocycles. The zero-order valence-electron chi connectivity index (χ0n) is 13.1. The van der Waals surface area contributed by atoms with Crippen molar-refractivity contribution in [2.24, 2.45) is 0 Å². The molecule has 0 fully saturated rings. The molecule has 1 N–H and O–H groups in total. The van der Waals surface area contributed by atoms with Crippen molar-refractivity contribution in [3.05, 3.63) is 60.2 Å². The number of aliphatic hydroxyl groups excluding tert-OH is 1. The van der Waals surface area contributed by atoms with Gasteiger partial charge in [-0.1, -0.05) is 74.4 Å². The number of aliphatic hydroxyl groups is 1. The Kier molecular flexibility index (Phi) is 10.4. The Bertz CT molecular complexity index is 395. The van der Waals surface area contributed by atoms with Crippen molar-refractivity contribution in [2.45, 2.75) is 51.7 Å². The fourth-order valence-corrected chi connectivity index (χ4v) is 1.94. The van der Waals surface area contributed by atoms with Crippen LogP contribution in [0.5, 0.6) is 0 Å². The van der Waals surface area contributed by atoms with Gasteiger partial charge < -0.3 is 9.84 Å². The van der Waals surface area contributed by atoms with E-state index in [0.717, 1.165) is 12.0 Å². The van der Waals surface area contributed by atoms with Gasteiger partial charge in [-0.2, -0.15) is 0 Å². The summed E-state index contributed by atoms with van der Waals surface area (Å²) in [6.45, 7) is 3.38. The average Bonchev–Trinajstić information content (AvgIpc) is 2.52. The Labute approximate surface area is 129 Å². The van der Waals surface area contributed by atoms with Crippen LogP contribution >= 0.6 is 0 Å². The van der Waals surface area contributed by atoms with E-state index in [1.807, 2.05) is 48.6 Å². The molecular weight excluding hydrogens is 260 g/mol. The Morgan fingerprint density at radius 3 is 2.71 bits per heavy atom. The number of allylic oxidation sites excluding steroid dienone is 3. The molecular formula is C19H28O2. The molecule has 0 spiro atoms. The summed E-state index contributed by atoms with van der Waals surface area (Å²) in [7, 11) is 0. The molecule has 0 radical (unpaired) electrons. The van der Waals surface area contributed by atoms with E-state index in [-0.39, 0.29) is 0 Å². The zero-order chi connectivity index (χ0) is 15.2. The maximum absolute atomic E-state index is 9.79. The maximum atomic E-state index is 9.79. The van der Waals surface area contributed by atoms with Crippen LogP contribution in [-0.4, -0.2) is 17.8 Å². The Morgan fingerprint density at radius 2 is 1.95 bits per heavy atom. The van der Waals surface area contributed by atoms with Crippen molar-refractivity contribution in [3.8, 4) is 0 Å². The van der Waals surface area contributed by atoms with Crippen molar-refractivity contribution < 1.29 is 9.84 Å². The van der Waals surface area contributed by atoms with Crippen LogP contribution in [0.1, 0.15) is 44.6 Å². The molecule has 0 aliphatic rings. The third-order valence-electron chi connectivity index (χ3n) is 3.22. The van der Waals surface area contributed by atoms with Gasteiger partial charge in [-0.25, -0.2) is 0 Å². The number of rotatable bonds is 11. The SMILES string of the molecule is CCCCC/C=C/C=C\C(O)CCOCc1ccccc1. The van der Waals surface area contributed by atoms with Gasteiger partial charge in [0.25, 0.3) is 0 Å². The van der Waals surface area contributed by atoms with Crippen molar-refractivity contribution in [3.63, 3.8) is 0 Å². The van der Waals surface area contributed by atoms with E-state index in [4.69, 9.17) is 4.74 Å². The van der Waals surface area contributed by atoms with Crippen LogP contribution in [0.2, 0.25) is 0 Å². The van der Waals surface area contributed by atoms with Crippen LogP contribution in [-0.2, 0) is 11.3 Å². The molecule has 1 aromatic rings. The number of hydrogen-bond acceptors (Lipinski definition) is 2. The molecule has 21 heavy (non-hydrogen) atoms. The predicted octanol–water partition coefficient (Wildman–Crippen LogP) is 4.65. The molecule has 116 valence electrons. The number of hydrogen-bond donors (Lipinski definition) is 1. The van der Waals surface area contributed by atoms with Crippen LogP contribution in [0.4, 0.5) is 0 Å². The molecule has 1 atom stereocenters. The highest BCUT2D eigenvalue weighted by Crippen LogP contribution is 2.03. The number of ether oxygens (including phenoxy) is 1. The van der Waals surface area contributed by atoms with Crippen molar-refractivity contribution in [2.75, 3.05) is 6.61 Å². The summed E-state index contributed by atoms with van der Waals surface area (Å²) >= 11 is 0. The fourth-order valence-electron chi connectivity index (χ4n) is 1.94. The molecule has 1 rings (SSSR count). The van der Waals surface area contributed by atoms with Crippen LogP contribution in [0.25, 0.3) is 0 Å². The minimum absolute atomic E-state index is 0.430. The lowest BCUT2D eigenvalue weighted by Crippen LogP contribution is -2.07. The molecule has 0 bridgehead atoms. The summed E-state index contributed by atoms with van der Waals surface area (Å²) < 4.78 is 5.55. The van der Waals surface area contributed by atoms with Crippen molar-refractivity contribution in [1.29, 1.82) is 0 Å². The van der Waals surface area contributed by atoms with Gasteiger partial charge >= 0.3 is 0 Å². The van der Waals surface area contributed by atoms with E-state index in [1.54, 1.807) is 0 Å². The first kappa shape index (κ1) is 17.7. The van der Waals surface area contributed by atoms with Gasteiger partial charge in [0.2, 0.25) is 0 Å². The zero-order valence-corrected chi connectivity index (χ0v) is 13.1. The third kappa shape index (κ3) is 10.1. The van der Waals surface area contributed by atoms with Gasteiger partial charge in [-0.3, -0.25) is 0 Å². The topological polar surface area (TPSA) is 29.5 Å². The van der Waals surface area contributed by atoms with E-state index in [1.165, 1.54) is 19.3 Å². The van der Waals surface area contributed by atoms with E-state index >= 15 is 0 Å². The summed E-state index contributed by atoms with van der Waals surface area (Å²) in [5, 5.41) is 9.79. The van der Waals surface area contributed by atoms with Crippen LogP contribution in [0.15, 0.2) is 54.6 Å². The molecule has 0 aromatic heterocycles. The van der Waals surface area contributed by atoms with E-state index in [2.05, 4.69) is 13.0 Å². The monoisotopic (exact) mass is 288 g/mol. The first-order chi connectivity index (χ1) is 10.3. The second-order valence-corrected chi connectivity index (χ2v) is 5.20. The highest BCUT2D eigenvalue weighted by Gasteiger charge is 1.98. The molecule has 0 aliphatic carbocycles. The average molecular weight is 288 g/mol. The summed E-state index contributed by atoms with van der Waals surface area (Å²) in [6.07, 6.45) is 13.0. The van der Waals surface area contributed by atoms with Gasteiger partial charge in [-0.05, 0) is 18.4 Å². The largest absolute Gasteiger partial charge is 0.389 e. The molecule has 0 aliphatic heterocycles. The summed E-state index contributed by atoms with van der Waals surface area (Å²) in [4.78, 5) is 0. The maximum Gasteiger partial charge on any atom is 0.0745 e. The van der Waals surface area contributed by atoms with Gasteiger partial charge in [0, 0.05) is 13.0 Å². The highest BCUT2D eigenvalue weighted by atomic mass is 16.5. The lowest BCUT2D eigenvalue weighted by molar-refractivity contribution is 0.0883. The van der Waals surface area contributed by atoms with Gasteiger partial charge in [0.05, 0.1) is 12.7 Å². The molecule has 0 saturated carbocycles. The van der Waals surface area contributed by atoms with Crippen molar-refractivity contribution >= 4 is 0 Å². The van der Waals surface area contributed by atoms with Crippen LogP contribution in [0, 0.1) is 0 Å². The number of benzene rings is 1. The Hall–Kier alpha value is -1.38. The van der Waals surface area contributed by atoms with E-state index in [0.29, 0.717) is 19.6 Å². The predicted molar refractivity (Wildman–Crippen MR) is 89.1 cm³/mol. The Balaban J connectivity index is 2.04. The van der Waals surface area contributed by atoms with Gasteiger partial charge in [0.15, 0.2) is 0 Å². The first-order valence-corrected chi connectivity index (χ1v) is 7.96. The fraction of sp³-hybridized carbons (Fsp3) is 0.474. The van der Waals surface area contributed by atoms with E-state index in [9.17, 15) is 5.11 Å². The number of unbranched alkanes of at least 4 members (excludes halogenated alkanes) is 3. The molecule has 2 nitrogen and oxygen atoms in total. The van der Waals surface area contributed by atoms with Crippen LogP contribution < -0.4 is 0 Å². The minimum atomic E-state index is -0.430. The molecule has 0 saturated heterocycles. The van der Waals surface area contributed by atoms with Crippen LogP contribution in [0.3, 0.4) is 0 Å². The lowest BCUT2D eigenvalue weighted by atomic mass is 10.2. The minimum Gasteiger partial charge on any atom is -0.389 e. The summed E-state index contributed by atoms with van der Waals surface area (Å²) in [5.41, 5.74) is 1.16. The molecule has 2 heteroatoms. The standard InChI is InChI=1S/C19H28O2/c1-2-3-4-5-6-7-11-14-19(20)15-16-21-17-18-12-9-8-10-13-18/h6-14,19-20H,2-5,15-17H2,1H3/b7-6+,14-11-. The smallest absolute Gasteiger partial charge is 0.0745 e. The quantitative estimate of drug-likeness (QED) is 0.474. The second-order valence-electron chi connectivity index (χ2n) is 5.20. The normalized spacial score (nSPS) is 13.2. The van der Waals surface area contributed by atoms with E-state index < -0.39 is 6.10 Å². The Morgan fingerprint density at radius 1 is 1.14 bits per heavy atom.